The van der Waals surface area contributed by atoms with Gasteiger partial charge in [-0.1, -0.05) is 0 Å². The molecule has 38 heteroatoms. The fourth-order valence-corrected chi connectivity index (χ4v) is 8.84. The first kappa shape index (κ1) is 75.7. The highest BCUT2D eigenvalue weighted by Crippen LogP contribution is 2.37. The van der Waals surface area contributed by atoms with Crippen molar-refractivity contribution < 1.29 is 119 Å². The summed E-state index contributed by atoms with van der Waals surface area (Å²) in [5.41, 5.74) is 11.3. The van der Waals surface area contributed by atoms with Gasteiger partial charge >= 0.3 is 0 Å². The summed E-state index contributed by atoms with van der Waals surface area (Å²) in [6, 6.07) is -3.39. The molecule has 5 amide bonds. The zero-order valence-corrected chi connectivity index (χ0v) is 45.4. The Labute approximate surface area is 465 Å². The van der Waals surface area contributed by atoms with E-state index in [1.54, 1.807) is 11.8 Å². The molecule has 470 valence electrons. The predicted molar refractivity (Wildman–Crippen MR) is 253 cm³/mol. The first-order valence-corrected chi connectivity index (χ1v) is 26.7. The summed E-state index contributed by atoms with van der Waals surface area (Å²) in [7, 11) is -5.81. The molecular formula is C43H74N13O24P-10. The van der Waals surface area contributed by atoms with Crippen molar-refractivity contribution in [1.29, 1.82) is 0 Å². The summed E-state index contributed by atoms with van der Waals surface area (Å²) in [5, 5.41) is 140. The van der Waals surface area contributed by atoms with E-state index in [9.17, 15) is 119 Å². The van der Waals surface area contributed by atoms with Crippen LogP contribution in [-0.4, -0.2) is 283 Å². The lowest BCUT2D eigenvalue weighted by molar-refractivity contribution is -0.494. The molecule has 0 saturated heterocycles. The molecule has 0 rings (SSSR count). The van der Waals surface area contributed by atoms with Crippen molar-refractivity contribution in [2.45, 2.75) is 88.1 Å². The maximum Gasteiger partial charge on any atom is 0.245 e. The fraction of sp³-hybridized carbons (Fsp3) is 0.791. The second kappa shape index (κ2) is 40.9. The molecule has 0 radical (unpaired) electrons. The molecule has 37 nitrogen and oxygen atoms in total. The van der Waals surface area contributed by atoms with Crippen molar-refractivity contribution in [1.82, 2.24) is 56.0 Å². The van der Waals surface area contributed by atoms with Crippen LogP contribution in [0.4, 0.5) is 0 Å². The van der Waals surface area contributed by atoms with Gasteiger partial charge in [-0.25, -0.2) is 0 Å². The van der Waals surface area contributed by atoms with Crippen LogP contribution >= 0.6 is 7.60 Å². The van der Waals surface area contributed by atoms with Gasteiger partial charge in [-0.15, -0.1) is 0 Å². The summed E-state index contributed by atoms with van der Waals surface area (Å²) in [4.78, 5) is 141. The average molecular weight is 1190 g/mol. The number of nitrogens with one attached hydrogen (secondary N) is 5. The molecule has 0 spiro atoms. The number of rotatable bonds is 48. The zero-order chi connectivity index (χ0) is 62.0. The van der Waals surface area contributed by atoms with Gasteiger partial charge in [0.05, 0.1) is 30.5 Å². The number of hydrogen-bond donors (Lipinski definition) is 11. The smallest absolute Gasteiger partial charge is 0.245 e. The molecule has 13 N–H and O–H groups in total. The van der Waals surface area contributed by atoms with E-state index in [-0.39, 0.29) is 45.6 Å². The second-order valence-electron chi connectivity index (χ2n) is 18.4. The Balaban J connectivity index is 5.70. The fourth-order valence-electron chi connectivity index (χ4n) is 7.76. The molecular weight excluding hydrogens is 1110 g/mol. The highest BCUT2D eigenvalue weighted by atomic mass is 31.2. The summed E-state index contributed by atoms with van der Waals surface area (Å²) >= 11 is 0. The monoisotopic (exact) mass is 1190 g/mol. The van der Waals surface area contributed by atoms with E-state index in [4.69, 9.17) is 11.5 Å². The maximum atomic E-state index is 13.0. The van der Waals surface area contributed by atoms with Gasteiger partial charge in [0.25, 0.3) is 0 Å². The number of carboxylic acid groups (broad SMARTS) is 4. The van der Waals surface area contributed by atoms with Gasteiger partial charge in [0, 0.05) is 155 Å². The van der Waals surface area contributed by atoms with Crippen molar-refractivity contribution in [3.05, 3.63) is 0 Å². The first-order chi connectivity index (χ1) is 37.7. The normalized spacial score (nSPS) is 15.0. The van der Waals surface area contributed by atoms with Crippen molar-refractivity contribution in [3.63, 3.8) is 0 Å². The molecule has 0 aliphatic carbocycles. The van der Waals surface area contributed by atoms with Gasteiger partial charge in [-0.2, -0.15) is 0 Å². The number of carbonyl (C=O) groups excluding carboxylic acids is 9. The summed E-state index contributed by atoms with van der Waals surface area (Å²) in [6.45, 7) is -8.70. The third-order valence-corrected chi connectivity index (χ3v) is 13.0. The number of nitrogens with two attached hydrogens (primary N) is 2. The van der Waals surface area contributed by atoms with Gasteiger partial charge in [-0.3, -0.25) is 53.4 Å². The predicted octanol–water partition coefficient (Wildman–Crippen LogP) is -20.7. The Hall–Kier alpha value is -5.26. The van der Waals surface area contributed by atoms with Gasteiger partial charge in [-0.05, 0) is 52.5 Å². The lowest BCUT2D eigenvalue weighted by atomic mass is 10.1. The molecule has 81 heavy (non-hydrogen) atoms. The van der Waals surface area contributed by atoms with E-state index < -0.39 is 228 Å². The molecule has 0 aromatic rings. The van der Waals surface area contributed by atoms with Crippen LogP contribution in [0, 0.1) is 0 Å². The zero-order valence-electron chi connectivity index (χ0n) is 44.5. The number of hydrogen-bond acceptors (Lipinski definition) is 32. The Kier molecular flexibility index (Phi) is 38.2. The molecule has 8 atom stereocenters. The SMILES string of the molecule is CC(CCC(=O)NCC(N)C(=O)NCCC(=O)NC(CNC(=O)CCC(N(CCN(CC(=O)[O-])CC(=O)[O-])CCN(CC(=O)[O-])CC(=O)[O-])P(=O)([O-])[O-])C(=O)NCN)N(CCN(CC([O-])O)CC([O-])O)CCN(CC([O-])O)CC([O-])O. The molecule has 0 aromatic heterocycles. The van der Waals surface area contributed by atoms with E-state index in [0.717, 1.165) is 14.7 Å². The third kappa shape index (κ3) is 38.2. The highest BCUT2D eigenvalue weighted by Gasteiger charge is 2.27. The quantitative estimate of drug-likeness (QED) is 0.0199. The van der Waals surface area contributed by atoms with Gasteiger partial charge in [0.1, 0.15) is 12.1 Å². The first-order valence-electron chi connectivity index (χ1n) is 25.1. The van der Waals surface area contributed by atoms with Crippen molar-refractivity contribution in [2.75, 3.05) is 131 Å². The Morgan fingerprint density at radius 2 is 0.889 bits per heavy atom. The number of carboxylic acids is 4. The highest BCUT2D eigenvalue weighted by molar-refractivity contribution is 7.49. The molecule has 0 aliphatic heterocycles. The Bertz CT molecular complexity index is 1870. The molecule has 0 aromatic carbocycles. The van der Waals surface area contributed by atoms with Crippen molar-refractivity contribution in [3.8, 4) is 0 Å². The minimum atomic E-state index is -5.81. The van der Waals surface area contributed by atoms with Crippen LogP contribution in [0.1, 0.15) is 39.0 Å². The van der Waals surface area contributed by atoms with Crippen LogP contribution in [0.25, 0.3) is 0 Å². The standard InChI is InChI=1S/C43H80N13O24P/c1-27(55(12-8-51(18-34(60)61)19-35(62)63)13-9-52(20-36(64)65)21-37(66)67)2-3-30(57)47-16-28(45)42(76)46-7-6-32(59)50-29(43(77)49-26-44)17-48-31(58)4-5-33(81(78,79)80)56(14-10-53(22-38(68)69)23-39(70)71)15-11-54(24-40(72)73)25-41(74)75/h27-29,33-37,60,62,64,66H,2-26,44-45H2,1H3,(H,46,76)(H,47,57)(H,48,58)(H,49,77)(H,50,59)(H,68,69)(H,70,71)(H,72,73)(H,74,75)(H2,78,79,80)/q-4/p-6. The van der Waals surface area contributed by atoms with E-state index in [1.807, 2.05) is 0 Å². The number of aliphatic carboxylic acids is 4. The summed E-state index contributed by atoms with van der Waals surface area (Å²) in [5.74, 6) is -13.4. The number of nitrogens with zero attached hydrogens (tertiary/aromatic N) is 6. The Morgan fingerprint density at radius 3 is 1.27 bits per heavy atom. The van der Waals surface area contributed by atoms with Crippen LogP contribution < -0.4 is 88.7 Å². The van der Waals surface area contributed by atoms with E-state index >= 15 is 0 Å². The summed E-state index contributed by atoms with van der Waals surface area (Å²) in [6.07, 6.45) is -10.6. The lowest BCUT2D eigenvalue weighted by Crippen LogP contribution is -2.54. The van der Waals surface area contributed by atoms with E-state index in [0.29, 0.717) is 0 Å². The van der Waals surface area contributed by atoms with Crippen LogP contribution in [0.3, 0.4) is 0 Å². The number of aliphatic hydroxyl groups excluding tert-OH is 4. The minimum absolute atomic E-state index is 0.0376. The number of aliphatic hydroxyl groups is 4. The van der Waals surface area contributed by atoms with Crippen LogP contribution in [0.2, 0.25) is 0 Å². The van der Waals surface area contributed by atoms with Crippen LogP contribution in [0.5, 0.6) is 0 Å². The van der Waals surface area contributed by atoms with Crippen molar-refractivity contribution in [2.24, 2.45) is 11.5 Å². The van der Waals surface area contributed by atoms with Gasteiger partial charge in [0.2, 0.25) is 29.5 Å². The van der Waals surface area contributed by atoms with Crippen LogP contribution in [-0.2, 0) is 47.7 Å². The van der Waals surface area contributed by atoms with Gasteiger partial charge in [0.15, 0.2) is 0 Å². The maximum absolute atomic E-state index is 13.0. The minimum Gasteiger partial charge on any atom is -0.830 e. The second-order valence-corrected chi connectivity index (χ2v) is 20.1. The van der Waals surface area contributed by atoms with E-state index in [2.05, 4.69) is 26.6 Å². The van der Waals surface area contributed by atoms with Crippen molar-refractivity contribution >= 4 is 61.0 Å². The molecule has 0 aliphatic rings. The third-order valence-electron chi connectivity index (χ3n) is 11.6. The average Bonchev–Trinajstić information content (AvgIpc) is 3.32. The Morgan fingerprint density at radius 1 is 0.506 bits per heavy atom. The molecule has 0 heterocycles. The number of carbonyl (C=O) groups is 9. The molecule has 8 unspecified atom stereocenters. The summed E-state index contributed by atoms with van der Waals surface area (Å²) < 4.78 is 12.6. The molecule has 0 saturated carbocycles. The number of amides is 5. The largest absolute Gasteiger partial charge is 0.830 e. The lowest BCUT2D eigenvalue weighted by Gasteiger charge is -2.46. The van der Waals surface area contributed by atoms with Gasteiger partial charge < -0.3 is 133 Å². The van der Waals surface area contributed by atoms with Crippen LogP contribution in [0.15, 0.2) is 0 Å². The molecule has 0 bridgehead atoms. The molecule has 0 fully saturated rings. The topological polar surface area (TPSA) is 614 Å². The van der Waals surface area contributed by atoms with E-state index in [1.165, 1.54) is 9.80 Å².